The highest BCUT2D eigenvalue weighted by Crippen LogP contribution is 2.30. The van der Waals surface area contributed by atoms with Crippen LogP contribution in [-0.2, 0) is 27.6 Å². The maximum Gasteiger partial charge on any atom is 0.345 e. The Hall–Kier alpha value is -3.54. The average molecular weight is 400 g/mol. The van der Waals surface area contributed by atoms with Crippen LogP contribution >= 0.6 is 0 Å². The third kappa shape index (κ3) is 4.16. The van der Waals surface area contributed by atoms with Crippen molar-refractivity contribution >= 4 is 17.8 Å². The van der Waals surface area contributed by atoms with Crippen molar-refractivity contribution in [3.8, 4) is 0 Å². The lowest BCUT2D eigenvalue weighted by molar-refractivity contribution is -0.140. The molecular formula is C17H20N8O4. The number of hydrogen-bond acceptors (Lipinski definition) is 7. The molecule has 2 bridgehead atoms. The highest BCUT2D eigenvalue weighted by Gasteiger charge is 2.48. The number of benzene rings is 1. The van der Waals surface area contributed by atoms with Crippen LogP contribution in [0.2, 0.25) is 0 Å². The summed E-state index contributed by atoms with van der Waals surface area (Å²) in [5, 5.41) is 11.8. The number of carbonyl (C=O) groups is 3. The summed E-state index contributed by atoms with van der Waals surface area (Å²) in [4.78, 5) is 44.2. The molecule has 0 aliphatic carbocycles. The molecule has 0 saturated carbocycles. The first-order valence-corrected chi connectivity index (χ1v) is 9.18. The molecular weight excluding hydrogens is 380 g/mol. The quantitative estimate of drug-likeness (QED) is 0.608. The fourth-order valence-corrected chi connectivity index (χ4v) is 3.44. The van der Waals surface area contributed by atoms with Crippen LogP contribution in [0.4, 0.5) is 4.79 Å². The molecule has 12 heteroatoms. The first kappa shape index (κ1) is 18.8. The molecule has 12 nitrogen and oxygen atoms in total. The molecule has 2 aromatic rings. The van der Waals surface area contributed by atoms with E-state index in [1.807, 2.05) is 30.3 Å². The summed E-state index contributed by atoms with van der Waals surface area (Å²) in [6.07, 6.45) is 2.40. The van der Waals surface area contributed by atoms with Gasteiger partial charge in [-0.1, -0.05) is 30.3 Å². The fraction of sp³-hybridized carbons (Fsp3) is 0.412. The number of nitrogens with one attached hydrogen (secondary N) is 2. The number of hydroxylamine groups is 2. The van der Waals surface area contributed by atoms with E-state index < -0.39 is 17.9 Å². The highest BCUT2D eigenvalue weighted by atomic mass is 16.7. The Balaban J connectivity index is 1.29. The predicted molar refractivity (Wildman–Crippen MR) is 96.1 cm³/mol. The predicted octanol–water partition coefficient (Wildman–Crippen LogP) is -0.779. The summed E-state index contributed by atoms with van der Waals surface area (Å²) in [5.74, 6) is -0.938. The molecule has 2 aliphatic heterocycles. The van der Waals surface area contributed by atoms with Crippen molar-refractivity contribution in [1.82, 2.24) is 41.0 Å². The summed E-state index contributed by atoms with van der Waals surface area (Å²) in [6.45, 7) is 0.551. The number of amides is 4. The van der Waals surface area contributed by atoms with Crippen molar-refractivity contribution in [2.24, 2.45) is 0 Å². The number of fused-ring (bicyclic) bond motifs is 2. The lowest BCUT2D eigenvalue weighted by Gasteiger charge is -2.29. The van der Waals surface area contributed by atoms with Crippen molar-refractivity contribution < 1.29 is 19.2 Å². The van der Waals surface area contributed by atoms with Gasteiger partial charge in [-0.3, -0.25) is 25.3 Å². The van der Waals surface area contributed by atoms with E-state index in [0.717, 1.165) is 5.56 Å². The molecule has 2 aliphatic rings. The van der Waals surface area contributed by atoms with Crippen molar-refractivity contribution in [1.29, 1.82) is 0 Å². The van der Waals surface area contributed by atoms with E-state index in [-0.39, 0.29) is 25.2 Å². The minimum absolute atomic E-state index is 0.0929. The van der Waals surface area contributed by atoms with E-state index in [4.69, 9.17) is 4.84 Å². The van der Waals surface area contributed by atoms with Crippen LogP contribution in [0, 0.1) is 0 Å². The van der Waals surface area contributed by atoms with Crippen LogP contribution in [-0.4, -0.2) is 66.6 Å². The Morgan fingerprint density at radius 1 is 1.17 bits per heavy atom. The summed E-state index contributed by atoms with van der Waals surface area (Å²) in [6, 6.07) is 8.45. The summed E-state index contributed by atoms with van der Waals surface area (Å²) < 4.78 is 1.22. The normalized spacial score (nSPS) is 20.6. The summed E-state index contributed by atoms with van der Waals surface area (Å²) >= 11 is 0. The van der Waals surface area contributed by atoms with Crippen LogP contribution in [0.25, 0.3) is 0 Å². The van der Waals surface area contributed by atoms with Gasteiger partial charge in [-0.15, -0.1) is 5.10 Å². The smallest absolute Gasteiger partial charge is 0.309 e. The van der Waals surface area contributed by atoms with Gasteiger partial charge in [-0.05, 0) is 28.8 Å². The third-order valence-corrected chi connectivity index (χ3v) is 4.86. The monoisotopic (exact) mass is 400 g/mol. The van der Waals surface area contributed by atoms with Crippen molar-refractivity contribution in [2.45, 2.75) is 38.1 Å². The number of piperidine rings is 1. The molecule has 4 rings (SSSR count). The SMILES string of the molecule is O=C(Cn1cnnn1)NNC(=O)[C@@H]1CC[C@@H]2CN1C(=O)N2OCc1ccccc1. The molecule has 0 radical (unpaired) electrons. The number of rotatable bonds is 6. The third-order valence-electron chi connectivity index (χ3n) is 4.86. The molecule has 2 atom stereocenters. The maximum absolute atomic E-state index is 12.7. The second-order valence-corrected chi connectivity index (χ2v) is 6.81. The maximum atomic E-state index is 12.7. The van der Waals surface area contributed by atoms with Crippen LogP contribution in [0.1, 0.15) is 18.4 Å². The van der Waals surface area contributed by atoms with Gasteiger partial charge in [0.2, 0.25) is 0 Å². The highest BCUT2D eigenvalue weighted by molar-refractivity contribution is 5.89. The summed E-state index contributed by atoms with van der Waals surface area (Å²) in [5.41, 5.74) is 5.63. The topological polar surface area (TPSA) is 135 Å². The Labute approximate surface area is 165 Å². The Morgan fingerprint density at radius 3 is 2.76 bits per heavy atom. The zero-order valence-corrected chi connectivity index (χ0v) is 15.5. The number of carbonyl (C=O) groups excluding carboxylic acids is 3. The Morgan fingerprint density at radius 2 is 2.00 bits per heavy atom. The number of tetrazole rings is 1. The Bertz CT molecular complexity index is 875. The zero-order valence-electron chi connectivity index (χ0n) is 15.5. The van der Waals surface area contributed by atoms with Gasteiger partial charge in [0.1, 0.15) is 25.5 Å². The van der Waals surface area contributed by atoms with Gasteiger partial charge in [-0.25, -0.2) is 9.48 Å². The molecule has 2 saturated heterocycles. The van der Waals surface area contributed by atoms with E-state index >= 15 is 0 Å². The van der Waals surface area contributed by atoms with Gasteiger partial charge < -0.3 is 4.90 Å². The molecule has 1 aromatic heterocycles. The Kier molecular flexibility index (Phi) is 5.33. The van der Waals surface area contributed by atoms with Crippen molar-refractivity contribution in [2.75, 3.05) is 6.54 Å². The van der Waals surface area contributed by atoms with Crippen LogP contribution < -0.4 is 10.9 Å². The van der Waals surface area contributed by atoms with Crippen molar-refractivity contribution in [3.63, 3.8) is 0 Å². The van der Waals surface area contributed by atoms with E-state index in [1.54, 1.807) is 0 Å². The second kappa shape index (κ2) is 8.22. The number of hydrazine groups is 1. The van der Waals surface area contributed by atoms with Gasteiger partial charge in [0.25, 0.3) is 11.8 Å². The van der Waals surface area contributed by atoms with E-state index in [1.165, 1.54) is 21.0 Å². The van der Waals surface area contributed by atoms with E-state index in [9.17, 15) is 14.4 Å². The first-order valence-electron chi connectivity index (χ1n) is 9.18. The van der Waals surface area contributed by atoms with Gasteiger partial charge in [0.05, 0.1) is 6.04 Å². The molecule has 3 heterocycles. The first-order chi connectivity index (χ1) is 14.1. The molecule has 29 heavy (non-hydrogen) atoms. The molecule has 0 unspecified atom stereocenters. The largest absolute Gasteiger partial charge is 0.345 e. The standard InChI is InChI=1S/C17H20N8O4/c26-15(9-23-11-18-21-22-23)19-20-16(27)14-7-6-13-8-24(14)17(28)25(13)29-10-12-4-2-1-3-5-12/h1-5,11,13-14H,6-10H2,(H,19,26)(H,20,27)/t13-,14+/m1/s1. The molecule has 152 valence electrons. The lowest BCUT2D eigenvalue weighted by atomic mass is 10.0. The van der Waals surface area contributed by atoms with Gasteiger partial charge in [0, 0.05) is 6.54 Å². The van der Waals surface area contributed by atoms with Gasteiger partial charge >= 0.3 is 6.03 Å². The average Bonchev–Trinajstić information content (AvgIpc) is 3.33. The number of aromatic nitrogens is 4. The summed E-state index contributed by atoms with van der Waals surface area (Å²) in [7, 11) is 0. The molecule has 1 aromatic carbocycles. The molecule has 0 spiro atoms. The fourth-order valence-electron chi connectivity index (χ4n) is 3.44. The van der Waals surface area contributed by atoms with Gasteiger partial charge in [-0.2, -0.15) is 5.06 Å². The molecule has 2 N–H and O–H groups in total. The lowest BCUT2D eigenvalue weighted by Crippen LogP contribution is -2.54. The van der Waals surface area contributed by atoms with Crippen LogP contribution in [0.5, 0.6) is 0 Å². The second-order valence-electron chi connectivity index (χ2n) is 6.81. The van der Waals surface area contributed by atoms with E-state index in [2.05, 4.69) is 26.4 Å². The molecule has 2 fully saturated rings. The number of hydrogen-bond donors (Lipinski definition) is 2. The van der Waals surface area contributed by atoms with Gasteiger partial charge in [0.15, 0.2) is 0 Å². The van der Waals surface area contributed by atoms with Crippen LogP contribution in [0.15, 0.2) is 36.7 Å². The number of urea groups is 1. The van der Waals surface area contributed by atoms with E-state index in [0.29, 0.717) is 19.4 Å². The van der Waals surface area contributed by atoms with Crippen molar-refractivity contribution in [3.05, 3.63) is 42.2 Å². The van der Waals surface area contributed by atoms with Crippen LogP contribution in [0.3, 0.4) is 0 Å². The molecule has 4 amide bonds. The minimum Gasteiger partial charge on any atom is -0.309 e. The number of nitrogens with zero attached hydrogens (tertiary/aromatic N) is 6. The minimum atomic E-state index is -0.669. The zero-order chi connectivity index (χ0) is 20.2.